The average molecular weight is 411 g/mol. The zero-order chi connectivity index (χ0) is 21.2. The summed E-state index contributed by atoms with van der Waals surface area (Å²) in [5, 5.41) is 29.1. The molecule has 0 saturated heterocycles. The monoisotopic (exact) mass is 411 g/mol. The van der Waals surface area contributed by atoms with Crippen LogP contribution in [0.1, 0.15) is 11.1 Å². The van der Waals surface area contributed by atoms with E-state index in [1.54, 1.807) is 35.5 Å². The number of phenolic OH excluding ortho intramolecular Hbond substituents is 1. The van der Waals surface area contributed by atoms with E-state index >= 15 is 0 Å². The standard InChI is InChI=1S/C23H17N5O3/c24-11-18-3-5-19(10-21(18)17-4-8-22-23(9-17)31-15-30-22)28(27-13-25-26-14-27)12-16-1-6-20(29)7-2-16/h1-10,13-14,29H,12,15H2. The third kappa shape index (κ3) is 3.60. The molecule has 8 heteroatoms. The van der Waals surface area contributed by atoms with Crippen molar-refractivity contribution < 1.29 is 14.6 Å². The summed E-state index contributed by atoms with van der Waals surface area (Å²) >= 11 is 0. The van der Waals surface area contributed by atoms with Gasteiger partial charge in [-0.05, 0) is 53.6 Å². The van der Waals surface area contributed by atoms with Gasteiger partial charge in [0.25, 0.3) is 0 Å². The number of ether oxygens (including phenoxy) is 2. The highest BCUT2D eigenvalue weighted by atomic mass is 16.7. The number of phenols is 1. The summed E-state index contributed by atoms with van der Waals surface area (Å²) in [6.45, 7) is 0.697. The van der Waals surface area contributed by atoms with Crippen molar-refractivity contribution in [2.75, 3.05) is 11.8 Å². The fourth-order valence-corrected chi connectivity index (χ4v) is 3.49. The zero-order valence-electron chi connectivity index (χ0n) is 16.3. The third-order valence-electron chi connectivity index (χ3n) is 5.06. The summed E-state index contributed by atoms with van der Waals surface area (Å²) in [6, 6.07) is 20.6. The van der Waals surface area contributed by atoms with Crippen LogP contribution in [-0.4, -0.2) is 26.8 Å². The zero-order valence-corrected chi connectivity index (χ0v) is 16.3. The molecular weight excluding hydrogens is 394 g/mol. The molecule has 152 valence electrons. The van der Waals surface area contributed by atoms with E-state index < -0.39 is 0 Å². The van der Waals surface area contributed by atoms with Crippen molar-refractivity contribution in [3.05, 3.63) is 84.4 Å². The number of anilines is 1. The summed E-state index contributed by atoms with van der Waals surface area (Å²) in [5.41, 5.74) is 4.02. The third-order valence-corrected chi connectivity index (χ3v) is 5.06. The Morgan fingerprint density at radius 2 is 1.74 bits per heavy atom. The molecule has 0 radical (unpaired) electrons. The second-order valence-electron chi connectivity index (χ2n) is 6.98. The van der Waals surface area contributed by atoms with E-state index in [-0.39, 0.29) is 12.5 Å². The van der Waals surface area contributed by atoms with E-state index in [2.05, 4.69) is 16.3 Å². The van der Waals surface area contributed by atoms with Crippen LogP contribution in [0.15, 0.2) is 73.3 Å². The number of hydrogen-bond donors (Lipinski definition) is 1. The molecule has 3 aromatic carbocycles. The Morgan fingerprint density at radius 1 is 0.968 bits per heavy atom. The molecule has 5 rings (SSSR count). The number of aromatic hydroxyl groups is 1. The Morgan fingerprint density at radius 3 is 2.52 bits per heavy atom. The molecule has 0 bridgehead atoms. The van der Waals surface area contributed by atoms with Crippen molar-refractivity contribution in [1.29, 1.82) is 5.26 Å². The summed E-state index contributed by atoms with van der Waals surface area (Å²) in [6.07, 6.45) is 3.22. The van der Waals surface area contributed by atoms with Gasteiger partial charge in [-0.1, -0.05) is 18.2 Å². The van der Waals surface area contributed by atoms with E-state index in [0.717, 1.165) is 22.4 Å². The predicted molar refractivity (Wildman–Crippen MR) is 112 cm³/mol. The Hall–Kier alpha value is -4.51. The SMILES string of the molecule is N#Cc1ccc(N(Cc2ccc(O)cc2)n2cnnc2)cc1-c1ccc2c(c1)OCO2. The van der Waals surface area contributed by atoms with Crippen molar-refractivity contribution in [1.82, 2.24) is 14.9 Å². The van der Waals surface area contributed by atoms with Crippen molar-refractivity contribution in [3.8, 4) is 34.4 Å². The summed E-state index contributed by atoms with van der Waals surface area (Å²) < 4.78 is 12.7. The van der Waals surface area contributed by atoms with E-state index in [4.69, 9.17) is 9.47 Å². The minimum Gasteiger partial charge on any atom is -0.508 e. The van der Waals surface area contributed by atoms with Crippen LogP contribution in [0.2, 0.25) is 0 Å². The van der Waals surface area contributed by atoms with Gasteiger partial charge in [0, 0.05) is 5.56 Å². The van der Waals surface area contributed by atoms with Crippen LogP contribution in [0.3, 0.4) is 0 Å². The van der Waals surface area contributed by atoms with Gasteiger partial charge in [-0.25, -0.2) is 4.68 Å². The lowest BCUT2D eigenvalue weighted by Gasteiger charge is -2.26. The largest absolute Gasteiger partial charge is 0.508 e. The summed E-state index contributed by atoms with van der Waals surface area (Å²) in [5.74, 6) is 1.56. The second kappa shape index (κ2) is 7.72. The molecule has 0 unspecified atom stereocenters. The minimum absolute atomic E-state index is 0.192. The van der Waals surface area contributed by atoms with Crippen molar-refractivity contribution in [2.45, 2.75) is 6.54 Å². The molecular formula is C23H17N5O3. The maximum absolute atomic E-state index is 9.68. The maximum atomic E-state index is 9.68. The molecule has 2 heterocycles. The van der Waals surface area contributed by atoms with Crippen LogP contribution in [0, 0.1) is 11.3 Å². The predicted octanol–water partition coefficient (Wildman–Crippen LogP) is 3.72. The van der Waals surface area contributed by atoms with Crippen LogP contribution in [0.25, 0.3) is 11.1 Å². The first-order chi connectivity index (χ1) is 15.2. The quantitative estimate of drug-likeness (QED) is 0.535. The molecule has 0 aliphatic carbocycles. The Labute approximate surface area is 178 Å². The van der Waals surface area contributed by atoms with E-state index in [0.29, 0.717) is 23.6 Å². The number of hydrogen-bond acceptors (Lipinski definition) is 7. The number of benzene rings is 3. The number of rotatable bonds is 5. The van der Waals surface area contributed by atoms with E-state index in [9.17, 15) is 10.4 Å². The van der Waals surface area contributed by atoms with Gasteiger partial charge in [-0.2, -0.15) is 5.26 Å². The number of fused-ring (bicyclic) bond motifs is 1. The van der Waals surface area contributed by atoms with Crippen LogP contribution in [0.4, 0.5) is 5.69 Å². The van der Waals surface area contributed by atoms with Gasteiger partial charge in [0.1, 0.15) is 18.4 Å². The van der Waals surface area contributed by atoms with Crippen molar-refractivity contribution in [3.63, 3.8) is 0 Å². The fourth-order valence-electron chi connectivity index (χ4n) is 3.49. The first-order valence-corrected chi connectivity index (χ1v) is 9.56. The van der Waals surface area contributed by atoms with Gasteiger partial charge < -0.3 is 14.6 Å². The van der Waals surface area contributed by atoms with Crippen LogP contribution < -0.4 is 14.5 Å². The Kier molecular flexibility index (Phi) is 4.61. The summed E-state index contributed by atoms with van der Waals surface area (Å²) in [7, 11) is 0. The highest BCUT2D eigenvalue weighted by Gasteiger charge is 2.17. The number of nitrogens with zero attached hydrogens (tertiary/aromatic N) is 5. The Bertz CT molecular complexity index is 1260. The minimum atomic E-state index is 0.192. The van der Waals surface area contributed by atoms with Gasteiger partial charge >= 0.3 is 0 Å². The van der Waals surface area contributed by atoms with Crippen LogP contribution >= 0.6 is 0 Å². The molecule has 0 amide bonds. The second-order valence-corrected chi connectivity index (χ2v) is 6.98. The van der Waals surface area contributed by atoms with Gasteiger partial charge in [0.05, 0.1) is 23.9 Å². The molecule has 1 aliphatic heterocycles. The topological polar surface area (TPSA) is 96.4 Å². The van der Waals surface area contributed by atoms with Crippen molar-refractivity contribution in [2.24, 2.45) is 0 Å². The highest BCUT2D eigenvalue weighted by Crippen LogP contribution is 2.38. The van der Waals surface area contributed by atoms with Crippen molar-refractivity contribution >= 4 is 5.69 Å². The molecule has 1 aromatic heterocycles. The average Bonchev–Trinajstić information content (AvgIpc) is 3.50. The highest BCUT2D eigenvalue weighted by molar-refractivity contribution is 5.76. The van der Waals surface area contributed by atoms with Gasteiger partial charge in [-0.15, -0.1) is 10.2 Å². The first kappa shape index (κ1) is 18.5. The van der Waals surface area contributed by atoms with Gasteiger partial charge in [0.2, 0.25) is 6.79 Å². The lowest BCUT2D eigenvalue weighted by atomic mass is 9.99. The molecule has 4 aromatic rings. The number of aromatic nitrogens is 3. The molecule has 0 fully saturated rings. The smallest absolute Gasteiger partial charge is 0.231 e. The van der Waals surface area contributed by atoms with E-state index in [1.807, 2.05) is 47.5 Å². The lowest BCUT2D eigenvalue weighted by molar-refractivity contribution is 0.174. The molecule has 0 saturated carbocycles. The summed E-state index contributed by atoms with van der Waals surface area (Å²) in [4.78, 5) is 0. The molecule has 8 nitrogen and oxygen atoms in total. The Balaban J connectivity index is 1.58. The first-order valence-electron chi connectivity index (χ1n) is 9.56. The molecule has 0 atom stereocenters. The maximum Gasteiger partial charge on any atom is 0.231 e. The number of nitriles is 1. The molecule has 0 spiro atoms. The van der Waals surface area contributed by atoms with Gasteiger partial charge in [0.15, 0.2) is 11.5 Å². The molecule has 1 aliphatic rings. The fraction of sp³-hybridized carbons (Fsp3) is 0.0870. The van der Waals surface area contributed by atoms with Gasteiger partial charge in [-0.3, -0.25) is 5.01 Å². The van der Waals surface area contributed by atoms with E-state index in [1.165, 1.54) is 0 Å². The normalized spacial score (nSPS) is 11.8. The molecule has 31 heavy (non-hydrogen) atoms. The molecule has 1 N–H and O–H groups in total. The van der Waals surface area contributed by atoms with Crippen LogP contribution in [-0.2, 0) is 6.54 Å². The van der Waals surface area contributed by atoms with Crippen LogP contribution in [0.5, 0.6) is 17.2 Å². The lowest BCUT2D eigenvalue weighted by Crippen LogP contribution is -2.27.